The van der Waals surface area contributed by atoms with Crippen LogP contribution in [0.2, 0.25) is 0 Å². The second kappa shape index (κ2) is 5.95. The molecule has 0 bridgehead atoms. The monoisotopic (exact) mass is 203 g/mol. The lowest BCUT2D eigenvalue weighted by Crippen LogP contribution is -2.44. The van der Waals surface area contributed by atoms with Crippen molar-refractivity contribution in [3.8, 4) is 0 Å². The van der Waals surface area contributed by atoms with Crippen LogP contribution in [0.1, 0.15) is 6.92 Å². The number of amides is 1. The maximum Gasteiger partial charge on any atom is 0.251 e. The van der Waals surface area contributed by atoms with Gasteiger partial charge in [0.2, 0.25) is 0 Å². The standard InChI is InChI=1S/C9H17NO4/c1-7(5-11)4-10-9(12)8-6-13-2-3-14-8/h7-8,11H,2-6H2,1H3,(H,10,12). The van der Waals surface area contributed by atoms with Gasteiger partial charge < -0.3 is 19.9 Å². The number of rotatable bonds is 4. The topological polar surface area (TPSA) is 67.8 Å². The van der Waals surface area contributed by atoms with Crippen LogP contribution >= 0.6 is 0 Å². The SMILES string of the molecule is CC(CO)CNC(=O)C1COCCO1. The molecule has 0 aromatic carbocycles. The van der Waals surface area contributed by atoms with Gasteiger partial charge in [-0.15, -0.1) is 0 Å². The molecule has 5 heteroatoms. The lowest BCUT2D eigenvalue weighted by atomic mass is 10.2. The fourth-order valence-electron chi connectivity index (χ4n) is 1.09. The molecule has 2 unspecified atom stereocenters. The highest BCUT2D eigenvalue weighted by Gasteiger charge is 2.22. The fourth-order valence-corrected chi connectivity index (χ4v) is 1.09. The summed E-state index contributed by atoms with van der Waals surface area (Å²) in [4.78, 5) is 11.4. The number of nitrogens with one attached hydrogen (secondary N) is 1. The van der Waals surface area contributed by atoms with Crippen LogP contribution in [-0.2, 0) is 14.3 Å². The molecule has 1 amide bonds. The Morgan fingerprint density at radius 3 is 3.00 bits per heavy atom. The molecule has 0 aliphatic carbocycles. The van der Waals surface area contributed by atoms with Crippen LogP contribution in [0.15, 0.2) is 0 Å². The van der Waals surface area contributed by atoms with Gasteiger partial charge in [-0.3, -0.25) is 4.79 Å². The molecule has 82 valence electrons. The summed E-state index contributed by atoms with van der Waals surface area (Å²) in [7, 11) is 0. The minimum absolute atomic E-state index is 0.0717. The van der Waals surface area contributed by atoms with Crippen LogP contribution in [0.5, 0.6) is 0 Å². The number of hydrogen-bond donors (Lipinski definition) is 2. The van der Waals surface area contributed by atoms with E-state index >= 15 is 0 Å². The van der Waals surface area contributed by atoms with Gasteiger partial charge in [0.15, 0.2) is 6.10 Å². The molecule has 1 rings (SSSR count). The molecule has 1 saturated heterocycles. The van der Waals surface area contributed by atoms with Gasteiger partial charge in [-0.25, -0.2) is 0 Å². The molecule has 2 atom stereocenters. The summed E-state index contributed by atoms with van der Waals surface area (Å²) in [5.41, 5.74) is 0. The average Bonchev–Trinajstić information content (AvgIpc) is 2.26. The summed E-state index contributed by atoms with van der Waals surface area (Å²) in [6, 6.07) is 0. The van der Waals surface area contributed by atoms with Crippen molar-refractivity contribution in [2.75, 3.05) is 33.0 Å². The van der Waals surface area contributed by atoms with Gasteiger partial charge in [-0.05, 0) is 5.92 Å². The third-order valence-corrected chi connectivity index (χ3v) is 2.04. The molecular formula is C9H17NO4. The van der Waals surface area contributed by atoms with Crippen LogP contribution in [0.4, 0.5) is 0 Å². The number of ether oxygens (including phenoxy) is 2. The van der Waals surface area contributed by atoms with Crippen molar-refractivity contribution in [2.24, 2.45) is 5.92 Å². The molecule has 1 aliphatic heterocycles. The summed E-state index contributed by atoms with van der Waals surface area (Å²) in [5.74, 6) is -0.0894. The van der Waals surface area contributed by atoms with E-state index in [2.05, 4.69) is 5.32 Å². The smallest absolute Gasteiger partial charge is 0.251 e. The zero-order valence-corrected chi connectivity index (χ0v) is 8.36. The zero-order chi connectivity index (χ0) is 10.4. The van der Waals surface area contributed by atoms with E-state index in [4.69, 9.17) is 14.6 Å². The van der Waals surface area contributed by atoms with Crippen LogP contribution in [-0.4, -0.2) is 50.1 Å². The first-order chi connectivity index (χ1) is 6.74. The minimum Gasteiger partial charge on any atom is -0.396 e. The van der Waals surface area contributed by atoms with Crippen LogP contribution in [0, 0.1) is 5.92 Å². The average molecular weight is 203 g/mol. The van der Waals surface area contributed by atoms with Crippen LogP contribution in [0.3, 0.4) is 0 Å². The van der Waals surface area contributed by atoms with E-state index in [1.165, 1.54) is 0 Å². The van der Waals surface area contributed by atoms with Crippen molar-refractivity contribution >= 4 is 5.91 Å². The molecule has 2 N–H and O–H groups in total. The molecule has 1 heterocycles. The summed E-state index contributed by atoms with van der Waals surface area (Å²) < 4.78 is 10.3. The number of aliphatic hydroxyl groups excluding tert-OH is 1. The highest BCUT2D eigenvalue weighted by molar-refractivity contribution is 5.80. The number of hydrogen-bond acceptors (Lipinski definition) is 4. The largest absolute Gasteiger partial charge is 0.396 e. The molecule has 0 aromatic heterocycles. The highest BCUT2D eigenvalue weighted by atomic mass is 16.6. The normalized spacial score (nSPS) is 24.3. The van der Waals surface area contributed by atoms with Crippen molar-refractivity contribution in [3.05, 3.63) is 0 Å². The molecule has 0 aromatic rings. The van der Waals surface area contributed by atoms with Crippen molar-refractivity contribution in [3.63, 3.8) is 0 Å². The number of carbonyl (C=O) groups is 1. The van der Waals surface area contributed by atoms with E-state index < -0.39 is 6.10 Å². The highest BCUT2D eigenvalue weighted by Crippen LogP contribution is 2.00. The molecule has 5 nitrogen and oxygen atoms in total. The molecular weight excluding hydrogens is 186 g/mol. The quantitative estimate of drug-likeness (QED) is 0.624. The van der Waals surface area contributed by atoms with Crippen LogP contribution < -0.4 is 5.32 Å². The summed E-state index contributed by atoms with van der Waals surface area (Å²) >= 11 is 0. The van der Waals surface area contributed by atoms with Crippen molar-refractivity contribution in [2.45, 2.75) is 13.0 Å². The first-order valence-electron chi connectivity index (χ1n) is 4.82. The Balaban J connectivity index is 2.19. The zero-order valence-electron chi connectivity index (χ0n) is 8.36. The molecule has 1 fully saturated rings. The number of aliphatic hydroxyl groups is 1. The lowest BCUT2D eigenvalue weighted by Gasteiger charge is -2.22. The Hall–Kier alpha value is -0.650. The van der Waals surface area contributed by atoms with Gasteiger partial charge in [0.1, 0.15) is 0 Å². The number of carbonyl (C=O) groups excluding carboxylic acids is 1. The van der Waals surface area contributed by atoms with Gasteiger partial charge in [-0.2, -0.15) is 0 Å². The van der Waals surface area contributed by atoms with Gasteiger partial charge in [0, 0.05) is 13.2 Å². The molecule has 0 saturated carbocycles. The Morgan fingerprint density at radius 2 is 2.43 bits per heavy atom. The van der Waals surface area contributed by atoms with Gasteiger partial charge in [-0.1, -0.05) is 6.92 Å². The molecule has 0 spiro atoms. The van der Waals surface area contributed by atoms with E-state index in [-0.39, 0.29) is 18.4 Å². The first kappa shape index (κ1) is 11.4. The Kier molecular flexibility index (Phi) is 4.86. The Bertz CT molecular complexity index is 180. The molecule has 0 radical (unpaired) electrons. The third kappa shape index (κ3) is 3.61. The van der Waals surface area contributed by atoms with Gasteiger partial charge in [0.25, 0.3) is 5.91 Å². The second-order valence-electron chi connectivity index (χ2n) is 3.47. The maximum absolute atomic E-state index is 11.4. The van der Waals surface area contributed by atoms with Crippen molar-refractivity contribution in [1.82, 2.24) is 5.32 Å². The van der Waals surface area contributed by atoms with E-state index in [0.717, 1.165) is 0 Å². The summed E-state index contributed by atoms with van der Waals surface area (Å²) in [5, 5.41) is 11.4. The Morgan fingerprint density at radius 1 is 1.64 bits per heavy atom. The summed E-state index contributed by atoms with van der Waals surface area (Å²) in [6.45, 7) is 3.74. The minimum atomic E-state index is -0.491. The van der Waals surface area contributed by atoms with Crippen molar-refractivity contribution in [1.29, 1.82) is 0 Å². The fraction of sp³-hybridized carbons (Fsp3) is 0.889. The van der Waals surface area contributed by atoms with E-state index in [9.17, 15) is 4.79 Å². The van der Waals surface area contributed by atoms with E-state index in [0.29, 0.717) is 26.4 Å². The lowest BCUT2D eigenvalue weighted by molar-refractivity contribution is -0.147. The first-order valence-corrected chi connectivity index (χ1v) is 4.82. The van der Waals surface area contributed by atoms with Crippen LogP contribution in [0.25, 0.3) is 0 Å². The third-order valence-electron chi connectivity index (χ3n) is 2.04. The van der Waals surface area contributed by atoms with Crippen molar-refractivity contribution < 1.29 is 19.4 Å². The summed E-state index contributed by atoms with van der Waals surface area (Å²) in [6.07, 6.45) is -0.491. The van der Waals surface area contributed by atoms with E-state index in [1.807, 2.05) is 6.92 Å². The predicted molar refractivity (Wildman–Crippen MR) is 49.8 cm³/mol. The molecule has 14 heavy (non-hydrogen) atoms. The molecule has 1 aliphatic rings. The second-order valence-corrected chi connectivity index (χ2v) is 3.47. The van der Waals surface area contributed by atoms with E-state index in [1.54, 1.807) is 0 Å². The van der Waals surface area contributed by atoms with Gasteiger partial charge >= 0.3 is 0 Å². The maximum atomic E-state index is 11.4. The van der Waals surface area contributed by atoms with Gasteiger partial charge in [0.05, 0.1) is 19.8 Å². The Labute approximate surface area is 83.4 Å². The predicted octanol–water partition coefficient (Wildman–Crippen LogP) is -0.854.